The van der Waals surface area contributed by atoms with Gasteiger partial charge in [0.15, 0.2) is 0 Å². The van der Waals surface area contributed by atoms with Crippen LogP contribution in [0, 0.1) is 40.4 Å². The van der Waals surface area contributed by atoms with Crippen molar-refractivity contribution in [1.29, 1.82) is 0 Å². The molecule has 0 aliphatic heterocycles. The SMILES string of the molecule is CCC(C)C1CCC2C3=CC=C4CC(C)C=CC4(C)C3CCC21C. The predicted molar refractivity (Wildman–Crippen MR) is 104 cm³/mol. The van der Waals surface area contributed by atoms with Crippen molar-refractivity contribution in [2.75, 3.05) is 0 Å². The lowest BCUT2D eigenvalue weighted by Crippen LogP contribution is -2.44. The second-order valence-electron chi connectivity index (χ2n) is 9.90. The van der Waals surface area contributed by atoms with Crippen LogP contribution in [-0.4, -0.2) is 0 Å². The van der Waals surface area contributed by atoms with Crippen LogP contribution < -0.4 is 0 Å². The van der Waals surface area contributed by atoms with Gasteiger partial charge in [-0.1, -0.05) is 76.5 Å². The molecule has 0 aromatic carbocycles. The molecular formula is C24H36. The van der Waals surface area contributed by atoms with Crippen LogP contribution in [0.2, 0.25) is 0 Å². The third-order valence-electron chi connectivity index (χ3n) is 8.72. The largest absolute Gasteiger partial charge is 0.0845 e. The third-order valence-corrected chi connectivity index (χ3v) is 8.72. The molecule has 0 aromatic rings. The van der Waals surface area contributed by atoms with Gasteiger partial charge < -0.3 is 0 Å². The van der Waals surface area contributed by atoms with Crippen LogP contribution >= 0.6 is 0 Å². The standard InChI is InChI=1S/C24H36/c1-6-17(3)20-9-10-21-19-8-7-18-15-16(2)11-13-23(18,4)22(19)12-14-24(20,21)5/h7-8,11,13,16-17,20-22H,6,9-10,12,14-15H2,1-5H3. The Balaban J connectivity index is 1.70. The molecule has 0 bridgehead atoms. The smallest absolute Gasteiger partial charge is 0.0131 e. The summed E-state index contributed by atoms with van der Waals surface area (Å²) < 4.78 is 0. The molecule has 0 N–H and O–H groups in total. The van der Waals surface area contributed by atoms with E-state index >= 15 is 0 Å². The molecule has 0 heterocycles. The zero-order valence-electron chi connectivity index (χ0n) is 16.4. The van der Waals surface area contributed by atoms with E-state index in [9.17, 15) is 0 Å². The number of hydrogen-bond acceptors (Lipinski definition) is 0. The van der Waals surface area contributed by atoms with Gasteiger partial charge in [-0.3, -0.25) is 0 Å². The molecule has 2 fully saturated rings. The Morgan fingerprint density at radius 3 is 2.67 bits per heavy atom. The van der Waals surface area contributed by atoms with Gasteiger partial charge in [0.1, 0.15) is 0 Å². The van der Waals surface area contributed by atoms with Crippen molar-refractivity contribution in [3.05, 3.63) is 35.5 Å². The van der Waals surface area contributed by atoms with Crippen LogP contribution in [0.4, 0.5) is 0 Å². The summed E-state index contributed by atoms with van der Waals surface area (Å²) in [7, 11) is 0. The summed E-state index contributed by atoms with van der Waals surface area (Å²) in [4.78, 5) is 0. The maximum atomic E-state index is 2.64. The summed E-state index contributed by atoms with van der Waals surface area (Å²) in [6, 6.07) is 0. The van der Waals surface area contributed by atoms with Crippen molar-refractivity contribution in [2.24, 2.45) is 40.4 Å². The second kappa shape index (κ2) is 5.61. The highest BCUT2D eigenvalue weighted by Gasteiger charge is 2.56. The summed E-state index contributed by atoms with van der Waals surface area (Å²) in [6.07, 6.45) is 18.5. The average Bonchev–Trinajstić information content (AvgIpc) is 2.92. The molecule has 0 saturated heterocycles. The molecule has 7 atom stereocenters. The average molecular weight is 325 g/mol. The van der Waals surface area contributed by atoms with Crippen LogP contribution in [0.3, 0.4) is 0 Å². The van der Waals surface area contributed by atoms with Gasteiger partial charge in [-0.2, -0.15) is 0 Å². The van der Waals surface area contributed by atoms with Gasteiger partial charge in [-0.05, 0) is 67.1 Å². The normalized spacial score (nSPS) is 48.0. The molecule has 0 nitrogen and oxygen atoms in total. The Hall–Kier alpha value is -0.780. The number of rotatable bonds is 2. The van der Waals surface area contributed by atoms with E-state index in [4.69, 9.17) is 0 Å². The first-order valence-corrected chi connectivity index (χ1v) is 10.5. The molecule has 0 aromatic heterocycles. The molecule has 0 radical (unpaired) electrons. The Kier molecular flexibility index (Phi) is 3.90. The highest BCUT2D eigenvalue weighted by atomic mass is 14.6. The second-order valence-corrected chi connectivity index (χ2v) is 9.90. The zero-order valence-corrected chi connectivity index (χ0v) is 16.4. The van der Waals surface area contributed by atoms with Gasteiger partial charge in [-0.25, -0.2) is 0 Å². The highest BCUT2D eigenvalue weighted by Crippen LogP contribution is 2.65. The highest BCUT2D eigenvalue weighted by molar-refractivity contribution is 5.42. The summed E-state index contributed by atoms with van der Waals surface area (Å²) in [5, 5.41) is 0. The summed E-state index contributed by atoms with van der Waals surface area (Å²) in [5.74, 6) is 4.16. The maximum Gasteiger partial charge on any atom is 0.0131 e. The zero-order chi connectivity index (χ0) is 17.1. The van der Waals surface area contributed by atoms with Crippen LogP contribution in [-0.2, 0) is 0 Å². The van der Waals surface area contributed by atoms with Crippen LogP contribution in [0.25, 0.3) is 0 Å². The van der Waals surface area contributed by atoms with E-state index in [0.717, 1.165) is 29.6 Å². The first-order chi connectivity index (χ1) is 11.4. The fourth-order valence-corrected chi connectivity index (χ4v) is 7.02. The lowest BCUT2D eigenvalue weighted by atomic mass is 9.51. The Labute approximate surface area is 149 Å². The van der Waals surface area contributed by atoms with Gasteiger partial charge in [0.05, 0.1) is 0 Å². The van der Waals surface area contributed by atoms with Gasteiger partial charge in [0.25, 0.3) is 0 Å². The van der Waals surface area contributed by atoms with Crippen LogP contribution in [0.15, 0.2) is 35.5 Å². The molecule has 4 aliphatic carbocycles. The monoisotopic (exact) mass is 324 g/mol. The predicted octanol–water partition coefficient (Wildman–Crippen LogP) is 6.94. The van der Waals surface area contributed by atoms with Crippen molar-refractivity contribution in [3.63, 3.8) is 0 Å². The number of hydrogen-bond donors (Lipinski definition) is 0. The minimum absolute atomic E-state index is 0.312. The van der Waals surface area contributed by atoms with Crippen LogP contribution in [0.1, 0.15) is 73.1 Å². The van der Waals surface area contributed by atoms with E-state index in [2.05, 4.69) is 58.9 Å². The first-order valence-electron chi connectivity index (χ1n) is 10.5. The van der Waals surface area contributed by atoms with Crippen molar-refractivity contribution in [1.82, 2.24) is 0 Å². The van der Waals surface area contributed by atoms with E-state index in [0.29, 0.717) is 10.8 Å². The number of fused-ring (bicyclic) bond motifs is 5. The van der Waals surface area contributed by atoms with E-state index in [1.54, 1.807) is 5.57 Å². The van der Waals surface area contributed by atoms with Gasteiger partial charge in [0.2, 0.25) is 0 Å². The molecule has 4 rings (SSSR count). The van der Waals surface area contributed by atoms with Crippen LogP contribution in [0.5, 0.6) is 0 Å². The molecule has 0 spiro atoms. The van der Waals surface area contributed by atoms with Gasteiger partial charge >= 0.3 is 0 Å². The van der Waals surface area contributed by atoms with Gasteiger partial charge in [-0.15, -0.1) is 0 Å². The Bertz CT molecular complexity index is 606. The van der Waals surface area contributed by atoms with Crippen molar-refractivity contribution in [3.8, 4) is 0 Å². The lowest BCUT2D eigenvalue weighted by Gasteiger charge is -2.54. The summed E-state index contributed by atoms with van der Waals surface area (Å²) >= 11 is 0. The topological polar surface area (TPSA) is 0 Å². The molecule has 132 valence electrons. The van der Waals surface area contributed by atoms with Crippen molar-refractivity contribution < 1.29 is 0 Å². The summed E-state index contributed by atoms with van der Waals surface area (Å²) in [6.45, 7) is 12.4. The van der Waals surface area contributed by atoms with E-state index < -0.39 is 0 Å². The molecule has 0 amide bonds. The van der Waals surface area contributed by atoms with E-state index in [-0.39, 0.29) is 0 Å². The van der Waals surface area contributed by atoms with Gasteiger partial charge in [0, 0.05) is 5.41 Å². The molecular weight excluding hydrogens is 288 g/mol. The van der Waals surface area contributed by atoms with Crippen molar-refractivity contribution in [2.45, 2.75) is 73.1 Å². The lowest BCUT2D eigenvalue weighted by molar-refractivity contribution is 0.0630. The first kappa shape index (κ1) is 16.7. The fraction of sp³-hybridized carbons (Fsp3) is 0.750. The van der Waals surface area contributed by atoms with E-state index in [1.807, 2.05) is 5.57 Å². The maximum absolute atomic E-state index is 2.64. The fourth-order valence-electron chi connectivity index (χ4n) is 7.02. The number of allylic oxidation sites excluding steroid dienone is 6. The molecule has 0 heteroatoms. The van der Waals surface area contributed by atoms with Crippen molar-refractivity contribution >= 4 is 0 Å². The Morgan fingerprint density at radius 2 is 1.92 bits per heavy atom. The summed E-state index contributed by atoms with van der Waals surface area (Å²) in [5.41, 5.74) is 4.39. The molecule has 2 saturated carbocycles. The molecule has 24 heavy (non-hydrogen) atoms. The quantitative estimate of drug-likeness (QED) is 0.482. The molecule has 4 aliphatic rings. The van der Waals surface area contributed by atoms with E-state index in [1.165, 1.54) is 38.5 Å². The minimum atomic E-state index is 0.312. The minimum Gasteiger partial charge on any atom is -0.0845 e. The third kappa shape index (κ3) is 2.17. The Morgan fingerprint density at radius 1 is 1.12 bits per heavy atom. The molecule has 7 unspecified atom stereocenters.